The maximum atomic E-state index is 12.4. The Balaban J connectivity index is 1.70. The molecule has 1 heterocycles. The fourth-order valence-corrected chi connectivity index (χ4v) is 2.11. The van der Waals surface area contributed by atoms with Crippen LogP contribution in [0.15, 0.2) is 36.4 Å². The number of nitrogens with zero attached hydrogens (tertiary/aromatic N) is 1. The number of halogens is 3. The van der Waals surface area contributed by atoms with Gasteiger partial charge in [-0.15, -0.1) is 0 Å². The second-order valence-electron chi connectivity index (χ2n) is 4.78. The predicted octanol–water partition coefficient (Wildman–Crippen LogP) is 3.74. The molecule has 5 heteroatoms. The lowest BCUT2D eigenvalue weighted by Crippen LogP contribution is -2.29. The zero-order valence-corrected chi connectivity index (χ0v) is 11.2. The summed E-state index contributed by atoms with van der Waals surface area (Å²) >= 11 is 0. The lowest BCUT2D eigenvalue weighted by molar-refractivity contribution is -0.137. The summed E-state index contributed by atoms with van der Waals surface area (Å²) < 4.78 is 42.6. The van der Waals surface area contributed by atoms with E-state index in [4.69, 9.17) is 4.74 Å². The first-order valence-corrected chi connectivity index (χ1v) is 6.73. The molecule has 0 aromatic heterocycles. The molecule has 0 N–H and O–H groups in total. The third kappa shape index (κ3) is 4.56. The Hall–Kier alpha value is -1.49. The van der Waals surface area contributed by atoms with E-state index in [2.05, 4.69) is 17.1 Å². The van der Waals surface area contributed by atoms with Gasteiger partial charge < -0.3 is 4.74 Å². The molecule has 0 bridgehead atoms. The molecule has 1 aromatic carbocycles. The highest BCUT2D eigenvalue weighted by atomic mass is 19.4. The second-order valence-corrected chi connectivity index (χ2v) is 4.78. The highest BCUT2D eigenvalue weighted by Crippen LogP contribution is 2.30. The molecule has 0 fully saturated rings. The van der Waals surface area contributed by atoms with Gasteiger partial charge in [0.25, 0.3) is 0 Å². The molecule has 0 radical (unpaired) electrons. The number of alkyl halides is 3. The summed E-state index contributed by atoms with van der Waals surface area (Å²) in [6, 6.07) is 4.83. The van der Waals surface area contributed by atoms with Crippen LogP contribution in [0.4, 0.5) is 13.2 Å². The molecule has 0 saturated carbocycles. The average Bonchev–Trinajstić information content (AvgIpc) is 2.44. The van der Waals surface area contributed by atoms with Crippen LogP contribution in [0, 0.1) is 0 Å². The fraction of sp³-hybridized carbons (Fsp3) is 0.467. The van der Waals surface area contributed by atoms with Gasteiger partial charge in [-0.1, -0.05) is 12.2 Å². The highest BCUT2D eigenvalue weighted by molar-refractivity contribution is 5.28. The Morgan fingerprint density at radius 3 is 2.45 bits per heavy atom. The van der Waals surface area contributed by atoms with Crippen LogP contribution in [0.5, 0.6) is 5.75 Å². The molecule has 0 atom stereocenters. The zero-order valence-electron chi connectivity index (χ0n) is 11.2. The smallest absolute Gasteiger partial charge is 0.416 e. The Kier molecular flexibility index (Phi) is 5.06. The van der Waals surface area contributed by atoms with Crippen LogP contribution in [0.2, 0.25) is 0 Å². The van der Waals surface area contributed by atoms with Crippen molar-refractivity contribution in [1.82, 2.24) is 4.90 Å². The van der Waals surface area contributed by atoms with Crippen molar-refractivity contribution in [1.29, 1.82) is 0 Å². The van der Waals surface area contributed by atoms with E-state index < -0.39 is 11.7 Å². The van der Waals surface area contributed by atoms with Crippen LogP contribution in [-0.2, 0) is 6.18 Å². The molecule has 0 amide bonds. The summed E-state index contributed by atoms with van der Waals surface area (Å²) in [5.74, 6) is 0.483. The van der Waals surface area contributed by atoms with E-state index in [9.17, 15) is 13.2 Å². The summed E-state index contributed by atoms with van der Waals surface area (Å²) in [7, 11) is 0. The quantitative estimate of drug-likeness (QED) is 0.603. The molecule has 0 aliphatic carbocycles. The van der Waals surface area contributed by atoms with Gasteiger partial charge in [0.15, 0.2) is 0 Å². The van der Waals surface area contributed by atoms with Crippen molar-refractivity contribution in [2.75, 3.05) is 26.2 Å². The number of hydrogen-bond acceptors (Lipinski definition) is 2. The van der Waals surface area contributed by atoms with Gasteiger partial charge in [0.1, 0.15) is 5.75 Å². The second kappa shape index (κ2) is 6.79. The monoisotopic (exact) mass is 285 g/mol. The first-order valence-electron chi connectivity index (χ1n) is 6.73. The van der Waals surface area contributed by atoms with E-state index >= 15 is 0 Å². The maximum absolute atomic E-state index is 12.4. The van der Waals surface area contributed by atoms with Gasteiger partial charge in [0.05, 0.1) is 12.2 Å². The molecule has 1 aliphatic heterocycles. The van der Waals surface area contributed by atoms with Crippen LogP contribution >= 0.6 is 0 Å². The van der Waals surface area contributed by atoms with E-state index in [1.807, 2.05) is 0 Å². The third-order valence-electron chi connectivity index (χ3n) is 3.21. The van der Waals surface area contributed by atoms with Crippen molar-refractivity contribution in [2.45, 2.75) is 19.0 Å². The molecule has 1 aliphatic rings. The van der Waals surface area contributed by atoms with Crippen molar-refractivity contribution < 1.29 is 17.9 Å². The number of hydrogen-bond donors (Lipinski definition) is 0. The normalized spacial score (nSPS) is 16.4. The Labute approximate surface area is 116 Å². The predicted molar refractivity (Wildman–Crippen MR) is 71.8 cm³/mol. The summed E-state index contributed by atoms with van der Waals surface area (Å²) in [4.78, 5) is 2.33. The molecular formula is C15H18F3NO. The first-order chi connectivity index (χ1) is 9.55. The summed E-state index contributed by atoms with van der Waals surface area (Å²) in [6.45, 7) is 3.51. The van der Waals surface area contributed by atoms with Crippen LogP contribution < -0.4 is 4.74 Å². The van der Waals surface area contributed by atoms with Crippen LogP contribution in [0.25, 0.3) is 0 Å². The minimum atomic E-state index is -4.29. The van der Waals surface area contributed by atoms with Crippen LogP contribution in [-0.4, -0.2) is 31.1 Å². The van der Waals surface area contributed by atoms with Crippen molar-refractivity contribution in [2.24, 2.45) is 0 Å². The van der Waals surface area contributed by atoms with Crippen LogP contribution in [0.3, 0.4) is 0 Å². The van der Waals surface area contributed by atoms with E-state index in [-0.39, 0.29) is 0 Å². The SMILES string of the molecule is FC(F)(F)c1ccc(OCCCN2CC=CCC2)cc1. The minimum absolute atomic E-state index is 0.483. The minimum Gasteiger partial charge on any atom is -0.494 e. The summed E-state index contributed by atoms with van der Waals surface area (Å²) in [6.07, 6.45) is 1.99. The first kappa shape index (κ1) is 14.9. The van der Waals surface area contributed by atoms with Crippen molar-refractivity contribution in [3.05, 3.63) is 42.0 Å². The lowest BCUT2D eigenvalue weighted by Gasteiger charge is -2.22. The molecule has 0 spiro atoms. The van der Waals surface area contributed by atoms with Gasteiger partial charge in [-0.25, -0.2) is 0 Å². The summed E-state index contributed by atoms with van der Waals surface area (Å²) in [5.41, 5.74) is -0.648. The number of benzene rings is 1. The van der Waals surface area contributed by atoms with Crippen molar-refractivity contribution in [3.63, 3.8) is 0 Å². The van der Waals surface area contributed by atoms with Gasteiger partial charge >= 0.3 is 6.18 Å². The fourth-order valence-electron chi connectivity index (χ4n) is 2.11. The van der Waals surface area contributed by atoms with E-state index in [1.54, 1.807) is 0 Å². The van der Waals surface area contributed by atoms with Gasteiger partial charge in [-0.2, -0.15) is 13.2 Å². The topological polar surface area (TPSA) is 12.5 Å². The van der Waals surface area contributed by atoms with E-state index in [1.165, 1.54) is 12.1 Å². The Bertz CT molecular complexity index is 439. The molecule has 0 saturated heterocycles. The average molecular weight is 285 g/mol. The Morgan fingerprint density at radius 2 is 1.85 bits per heavy atom. The molecule has 110 valence electrons. The third-order valence-corrected chi connectivity index (χ3v) is 3.21. The van der Waals surface area contributed by atoms with Gasteiger partial charge in [0.2, 0.25) is 0 Å². The molecule has 1 aromatic rings. The number of rotatable bonds is 5. The molecular weight excluding hydrogens is 267 g/mol. The largest absolute Gasteiger partial charge is 0.494 e. The van der Waals surface area contributed by atoms with Gasteiger partial charge in [-0.3, -0.25) is 4.90 Å². The van der Waals surface area contributed by atoms with Crippen molar-refractivity contribution in [3.8, 4) is 5.75 Å². The lowest BCUT2D eigenvalue weighted by atomic mass is 10.2. The summed E-state index contributed by atoms with van der Waals surface area (Å²) in [5, 5.41) is 0. The molecule has 0 unspecified atom stereocenters. The Morgan fingerprint density at radius 1 is 1.10 bits per heavy atom. The maximum Gasteiger partial charge on any atom is 0.416 e. The molecule has 20 heavy (non-hydrogen) atoms. The standard InChI is InChI=1S/C15H18F3NO/c16-15(17,18)13-5-7-14(8-6-13)20-12-4-11-19-9-2-1-3-10-19/h1-2,5-8H,3-4,9-12H2. The molecule has 2 rings (SSSR count). The van der Waals surface area contributed by atoms with Crippen LogP contribution in [0.1, 0.15) is 18.4 Å². The molecule has 2 nitrogen and oxygen atoms in total. The van der Waals surface area contributed by atoms with E-state index in [0.29, 0.717) is 12.4 Å². The zero-order chi connectivity index (χ0) is 14.4. The highest BCUT2D eigenvalue weighted by Gasteiger charge is 2.29. The van der Waals surface area contributed by atoms with Gasteiger partial charge in [0, 0.05) is 19.6 Å². The number of ether oxygens (including phenoxy) is 1. The van der Waals surface area contributed by atoms with E-state index in [0.717, 1.165) is 44.6 Å². The van der Waals surface area contributed by atoms with Crippen molar-refractivity contribution >= 4 is 0 Å². The van der Waals surface area contributed by atoms with Gasteiger partial charge in [-0.05, 0) is 37.1 Å².